The summed E-state index contributed by atoms with van der Waals surface area (Å²) in [5, 5.41) is 10.7. The van der Waals surface area contributed by atoms with Gasteiger partial charge in [0.05, 0.1) is 17.1 Å². The van der Waals surface area contributed by atoms with E-state index >= 15 is 0 Å². The van der Waals surface area contributed by atoms with E-state index in [9.17, 15) is 28.1 Å². The van der Waals surface area contributed by atoms with Crippen LogP contribution in [0, 0.1) is 10.1 Å². The smallest absolute Gasteiger partial charge is 0.417 e. The number of ether oxygens (including phenoxy) is 3. The maximum atomic E-state index is 13.0. The van der Waals surface area contributed by atoms with Crippen molar-refractivity contribution in [1.82, 2.24) is 4.98 Å². The lowest BCUT2D eigenvalue weighted by atomic mass is 10.1. The van der Waals surface area contributed by atoms with Gasteiger partial charge in [0.15, 0.2) is 6.10 Å². The van der Waals surface area contributed by atoms with Gasteiger partial charge >= 0.3 is 12.1 Å². The topological polar surface area (TPSA) is 101 Å². The van der Waals surface area contributed by atoms with E-state index in [0.717, 1.165) is 12.1 Å². The Morgan fingerprint density at radius 1 is 1.28 bits per heavy atom. The van der Waals surface area contributed by atoms with Crippen LogP contribution >= 0.6 is 0 Å². The molecular weight excluding hydrogens is 397 g/mol. The Bertz CT molecular complexity index is 965. The van der Waals surface area contributed by atoms with E-state index in [1.807, 2.05) is 0 Å². The molecule has 3 unspecified atom stereocenters. The molecule has 1 spiro atoms. The third kappa shape index (κ3) is 3.42. The fourth-order valence-electron chi connectivity index (χ4n) is 3.41. The number of nitro groups is 1. The van der Waals surface area contributed by atoms with Gasteiger partial charge in [-0.25, -0.2) is 4.79 Å². The number of alkyl halides is 3. The molecule has 0 saturated carbocycles. The Balaban J connectivity index is 1.56. The lowest BCUT2D eigenvalue weighted by Gasteiger charge is -2.24. The highest BCUT2D eigenvalue weighted by Gasteiger charge is 2.58. The van der Waals surface area contributed by atoms with E-state index in [0.29, 0.717) is 5.56 Å². The van der Waals surface area contributed by atoms with Gasteiger partial charge in [-0.1, -0.05) is 0 Å². The summed E-state index contributed by atoms with van der Waals surface area (Å²) in [5.41, 5.74) is 0.573. The van der Waals surface area contributed by atoms with Crippen LogP contribution in [0.5, 0.6) is 0 Å². The Morgan fingerprint density at radius 2 is 2.00 bits per heavy atom. The lowest BCUT2D eigenvalue weighted by molar-refractivity contribution is -0.384. The second kappa shape index (κ2) is 6.78. The van der Waals surface area contributed by atoms with Gasteiger partial charge in [-0.05, 0) is 18.2 Å². The molecule has 29 heavy (non-hydrogen) atoms. The normalized spacial score (nSPS) is 25.8. The van der Waals surface area contributed by atoms with Crippen LogP contribution in [0.4, 0.5) is 18.9 Å². The van der Waals surface area contributed by atoms with E-state index in [2.05, 4.69) is 4.98 Å². The van der Waals surface area contributed by atoms with Crippen LogP contribution in [0.1, 0.15) is 34.0 Å². The largest absolute Gasteiger partial charge is 0.454 e. The second-order valence-corrected chi connectivity index (χ2v) is 6.58. The van der Waals surface area contributed by atoms with Crippen molar-refractivity contribution in [1.29, 1.82) is 0 Å². The first kappa shape index (κ1) is 19.3. The third-order valence-electron chi connectivity index (χ3n) is 4.79. The van der Waals surface area contributed by atoms with Crippen LogP contribution < -0.4 is 0 Å². The molecule has 1 saturated heterocycles. The fourth-order valence-corrected chi connectivity index (χ4v) is 3.41. The number of halogens is 3. The predicted octanol–water partition coefficient (Wildman–Crippen LogP) is 3.42. The van der Waals surface area contributed by atoms with Crippen LogP contribution in [-0.2, 0) is 20.0 Å². The number of aromatic nitrogens is 1. The highest BCUT2D eigenvalue weighted by Crippen LogP contribution is 2.52. The summed E-state index contributed by atoms with van der Waals surface area (Å²) in [6, 6.07) is 6.30. The standard InChI is InChI=1S/C18H13F3N2O6/c19-18(20,21)15-9-27-17(29-15)7-14(12-5-6-22-8-13(12)17)28-16(24)10-1-3-11(4-2-10)23(25)26/h1-6,8,14-15H,7,9H2. The van der Waals surface area contributed by atoms with Gasteiger partial charge in [0.2, 0.25) is 5.79 Å². The number of pyridine rings is 1. The zero-order valence-electron chi connectivity index (χ0n) is 14.6. The number of hydrogen-bond acceptors (Lipinski definition) is 7. The maximum absolute atomic E-state index is 13.0. The summed E-state index contributed by atoms with van der Waals surface area (Å²) in [6.45, 7) is -0.680. The maximum Gasteiger partial charge on any atom is 0.417 e. The first-order chi connectivity index (χ1) is 13.7. The van der Waals surface area contributed by atoms with Crippen LogP contribution in [0.3, 0.4) is 0 Å². The van der Waals surface area contributed by atoms with E-state index in [4.69, 9.17) is 14.2 Å². The van der Waals surface area contributed by atoms with Gasteiger partial charge in [-0.2, -0.15) is 13.2 Å². The minimum Gasteiger partial charge on any atom is -0.454 e. The van der Waals surface area contributed by atoms with Gasteiger partial charge in [0.25, 0.3) is 5.69 Å². The Morgan fingerprint density at radius 3 is 2.62 bits per heavy atom. The average molecular weight is 410 g/mol. The zero-order chi connectivity index (χ0) is 20.8. The summed E-state index contributed by atoms with van der Waals surface area (Å²) < 4.78 is 55.2. The molecule has 152 valence electrons. The van der Waals surface area contributed by atoms with Gasteiger partial charge in [0, 0.05) is 42.1 Å². The number of fused-ring (bicyclic) bond motifs is 2. The van der Waals surface area contributed by atoms with E-state index in [-0.39, 0.29) is 23.2 Å². The van der Waals surface area contributed by atoms with Crippen LogP contribution in [0.15, 0.2) is 42.7 Å². The van der Waals surface area contributed by atoms with E-state index < -0.39 is 41.7 Å². The molecule has 2 heterocycles. The first-order valence-electron chi connectivity index (χ1n) is 8.48. The molecule has 0 N–H and O–H groups in total. The molecule has 1 aromatic heterocycles. The fraction of sp³-hybridized carbons (Fsp3) is 0.333. The monoisotopic (exact) mass is 410 g/mol. The van der Waals surface area contributed by atoms with Crippen molar-refractivity contribution in [3.8, 4) is 0 Å². The number of hydrogen-bond donors (Lipinski definition) is 0. The van der Waals surface area contributed by atoms with Crippen molar-refractivity contribution in [2.75, 3.05) is 6.61 Å². The molecule has 1 aromatic carbocycles. The summed E-state index contributed by atoms with van der Waals surface area (Å²) in [6.07, 6.45) is -5.05. The van der Waals surface area contributed by atoms with Gasteiger partial charge in [0.1, 0.15) is 6.10 Å². The van der Waals surface area contributed by atoms with Crippen molar-refractivity contribution >= 4 is 11.7 Å². The Kier molecular flexibility index (Phi) is 4.50. The number of rotatable bonds is 3. The van der Waals surface area contributed by atoms with Crippen LogP contribution in [0.25, 0.3) is 0 Å². The van der Waals surface area contributed by atoms with E-state index in [1.165, 1.54) is 30.6 Å². The van der Waals surface area contributed by atoms with Gasteiger partial charge < -0.3 is 14.2 Å². The predicted molar refractivity (Wildman–Crippen MR) is 88.7 cm³/mol. The summed E-state index contributed by atoms with van der Waals surface area (Å²) in [5.74, 6) is -2.49. The second-order valence-electron chi connectivity index (χ2n) is 6.58. The number of benzene rings is 1. The Hall–Kier alpha value is -3.05. The van der Waals surface area contributed by atoms with E-state index in [1.54, 1.807) is 0 Å². The summed E-state index contributed by atoms with van der Waals surface area (Å²) >= 11 is 0. The molecule has 2 aliphatic rings. The number of carbonyl (C=O) groups excluding carboxylic acids is 1. The molecule has 0 bridgehead atoms. The van der Waals surface area contributed by atoms with Crippen molar-refractivity contribution < 1.29 is 37.1 Å². The average Bonchev–Trinajstić information content (AvgIpc) is 3.25. The summed E-state index contributed by atoms with van der Waals surface area (Å²) in [7, 11) is 0. The number of carbonyl (C=O) groups is 1. The molecule has 0 radical (unpaired) electrons. The number of nitrogens with zero attached hydrogens (tertiary/aromatic N) is 2. The van der Waals surface area contributed by atoms with Crippen LogP contribution in [0.2, 0.25) is 0 Å². The number of non-ortho nitro benzene ring substituents is 1. The highest BCUT2D eigenvalue weighted by atomic mass is 19.4. The molecule has 2 aromatic rings. The molecule has 4 rings (SSSR count). The van der Waals surface area contributed by atoms with Crippen molar-refractivity contribution in [3.05, 3.63) is 69.5 Å². The molecule has 1 aliphatic carbocycles. The minimum absolute atomic E-state index is 0.0635. The molecule has 1 fully saturated rings. The third-order valence-corrected chi connectivity index (χ3v) is 4.79. The molecular formula is C18H13F3N2O6. The van der Waals surface area contributed by atoms with Crippen molar-refractivity contribution in [2.24, 2.45) is 0 Å². The number of esters is 1. The van der Waals surface area contributed by atoms with Gasteiger partial charge in [-0.15, -0.1) is 0 Å². The molecule has 0 amide bonds. The molecule has 1 aliphatic heterocycles. The SMILES string of the molecule is O=C(OC1CC2(OCC(C(F)(F)F)O2)c2cnccc21)c1ccc([N+](=O)[O-])cc1. The quantitative estimate of drug-likeness (QED) is 0.434. The lowest BCUT2D eigenvalue weighted by Crippen LogP contribution is -2.33. The molecule has 11 heteroatoms. The summed E-state index contributed by atoms with van der Waals surface area (Å²) in [4.78, 5) is 26.5. The van der Waals surface area contributed by atoms with Gasteiger partial charge in [-0.3, -0.25) is 15.1 Å². The molecule has 8 nitrogen and oxygen atoms in total. The first-order valence-corrected chi connectivity index (χ1v) is 8.48. The zero-order valence-corrected chi connectivity index (χ0v) is 14.6. The minimum atomic E-state index is -4.60. The van der Waals surface area contributed by atoms with Crippen molar-refractivity contribution in [2.45, 2.75) is 30.6 Å². The highest BCUT2D eigenvalue weighted by molar-refractivity contribution is 5.89. The number of nitro benzene ring substituents is 1. The van der Waals surface area contributed by atoms with Crippen molar-refractivity contribution in [3.63, 3.8) is 0 Å². The van der Waals surface area contributed by atoms with Crippen LogP contribution in [-0.4, -0.2) is 34.8 Å². The molecule has 3 atom stereocenters. The Labute approximate surface area is 161 Å².